The van der Waals surface area contributed by atoms with E-state index in [4.69, 9.17) is 9.84 Å². The molecule has 0 aliphatic carbocycles. The number of amides is 1. The zero-order valence-electron chi connectivity index (χ0n) is 12.4. The number of rotatable bonds is 5. The summed E-state index contributed by atoms with van der Waals surface area (Å²) in [5.41, 5.74) is 0.633. The lowest BCUT2D eigenvalue weighted by Crippen LogP contribution is -2.49. The van der Waals surface area contributed by atoms with Crippen LogP contribution in [0.1, 0.15) is 13.8 Å². The van der Waals surface area contributed by atoms with Crippen molar-refractivity contribution in [1.29, 1.82) is 0 Å². The average molecular weight is 306 g/mol. The summed E-state index contributed by atoms with van der Waals surface area (Å²) in [6.07, 6.45) is 0. The van der Waals surface area contributed by atoms with Crippen molar-refractivity contribution in [3.8, 4) is 5.75 Å². The number of para-hydroxylation sites is 2. The molecule has 0 spiro atoms. The Morgan fingerprint density at radius 1 is 1.36 bits per heavy atom. The molecule has 7 heteroatoms. The number of nitrogens with zero attached hydrogens (tertiary/aromatic N) is 1. The van der Waals surface area contributed by atoms with Gasteiger partial charge in [-0.15, -0.1) is 0 Å². The van der Waals surface area contributed by atoms with E-state index >= 15 is 0 Å². The number of carbonyl (C=O) groups excluding carboxylic acids is 2. The van der Waals surface area contributed by atoms with Crippen molar-refractivity contribution >= 4 is 23.5 Å². The third kappa shape index (κ3) is 3.55. The zero-order chi connectivity index (χ0) is 16.3. The first kappa shape index (κ1) is 15.8. The van der Waals surface area contributed by atoms with E-state index in [1.54, 1.807) is 43.0 Å². The maximum absolute atomic E-state index is 12.1. The molecule has 118 valence electrons. The van der Waals surface area contributed by atoms with Crippen molar-refractivity contribution in [3.05, 3.63) is 24.3 Å². The third-order valence-electron chi connectivity index (χ3n) is 3.33. The highest BCUT2D eigenvalue weighted by Gasteiger charge is 2.28. The van der Waals surface area contributed by atoms with Crippen molar-refractivity contribution in [2.75, 3.05) is 18.0 Å². The van der Waals surface area contributed by atoms with E-state index in [-0.39, 0.29) is 19.0 Å². The van der Waals surface area contributed by atoms with Crippen LogP contribution in [-0.4, -0.2) is 42.1 Å². The van der Waals surface area contributed by atoms with Crippen molar-refractivity contribution in [2.24, 2.45) is 5.92 Å². The first-order valence-electron chi connectivity index (χ1n) is 6.95. The summed E-state index contributed by atoms with van der Waals surface area (Å²) in [4.78, 5) is 36.3. The number of anilines is 1. The minimum Gasteiger partial charge on any atom is -0.480 e. The number of hydrogen-bond donors (Lipinski definition) is 2. The Kier molecular flexibility index (Phi) is 4.65. The van der Waals surface area contributed by atoms with Crippen LogP contribution in [0.4, 0.5) is 5.69 Å². The molecule has 2 N–H and O–H groups in total. The lowest BCUT2D eigenvalue weighted by atomic mass is 10.0. The van der Waals surface area contributed by atoms with Gasteiger partial charge in [-0.2, -0.15) is 0 Å². The van der Waals surface area contributed by atoms with E-state index in [1.807, 2.05) is 0 Å². The van der Waals surface area contributed by atoms with E-state index in [2.05, 4.69) is 5.32 Å². The molecular weight excluding hydrogens is 288 g/mol. The Morgan fingerprint density at radius 3 is 2.68 bits per heavy atom. The molecule has 2 rings (SSSR count). The van der Waals surface area contributed by atoms with E-state index in [0.29, 0.717) is 11.4 Å². The minimum atomic E-state index is -1.08. The highest BCUT2D eigenvalue weighted by molar-refractivity contribution is 5.91. The number of aliphatic carboxylic acids is 1. The molecule has 1 heterocycles. The third-order valence-corrected chi connectivity index (χ3v) is 3.33. The molecule has 1 aromatic carbocycles. The second-order valence-electron chi connectivity index (χ2n) is 5.43. The van der Waals surface area contributed by atoms with Crippen LogP contribution in [0.2, 0.25) is 0 Å². The molecule has 22 heavy (non-hydrogen) atoms. The Hall–Kier alpha value is -2.57. The molecule has 0 radical (unpaired) electrons. The van der Waals surface area contributed by atoms with Crippen LogP contribution in [0.15, 0.2) is 24.3 Å². The van der Waals surface area contributed by atoms with Crippen LogP contribution in [0.5, 0.6) is 5.75 Å². The Balaban J connectivity index is 2.09. The van der Waals surface area contributed by atoms with Crippen LogP contribution in [0.3, 0.4) is 0 Å². The zero-order valence-corrected chi connectivity index (χ0v) is 12.4. The summed E-state index contributed by atoms with van der Waals surface area (Å²) in [6.45, 7) is 3.27. The van der Waals surface area contributed by atoms with Gasteiger partial charge in [-0.05, 0) is 18.1 Å². The SMILES string of the molecule is CC(C)C(NC(=O)CN1CC(=O)Oc2ccccc21)C(=O)O. The fourth-order valence-electron chi connectivity index (χ4n) is 2.25. The normalized spacial score (nSPS) is 15.0. The molecule has 0 fully saturated rings. The predicted octanol–water partition coefficient (Wildman–Crippen LogP) is 0.637. The lowest BCUT2D eigenvalue weighted by Gasteiger charge is -2.29. The highest BCUT2D eigenvalue weighted by atomic mass is 16.5. The largest absolute Gasteiger partial charge is 0.480 e. The van der Waals surface area contributed by atoms with Gasteiger partial charge in [0.05, 0.1) is 12.2 Å². The van der Waals surface area contributed by atoms with E-state index < -0.39 is 23.9 Å². The fraction of sp³-hybridized carbons (Fsp3) is 0.400. The second kappa shape index (κ2) is 6.46. The summed E-state index contributed by atoms with van der Waals surface area (Å²) >= 11 is 0. The van der Waals surface area contributed by atoms with E-state index in [0.717, 1.165) is 0 Å². The van der Waals surface area contributed by atoms with Crippen molar-refractivity contribution < 1.29 is 24.2 Å². The number of carbonyl (C=O) groups is 3. The molecule has 0 aromatic heterocycles. The summed E-state index contributed by atoms with van der Waals surface area (Å²) in [6, 6.07) is 5.93. The molecule has 1 amide bonds. The number of nitrogens with one attached hydrogen (secondary N) is 1. The summed E-state index contributed by atoms with van der Waals surface area (Å²) in [7, 11) is 0. The average Bonchev–Trinajstić information content (AvgIpc) is 2.44. The van der Waals surface area contributed by atoms with Gasteiger partial charge in [0.15, 0.2) is 5.75 Å². The van der Waals surface area contributed by atoms with Crippen LogP contribution >= 0.6 is 0 Å². The standard InChI is InChI=1S/C15H18N2O5/c1-9(2)14(15(20)21)16-12(18)7-17-8-13(19)22-11-6-4-3-5-10(11)17/h3-6,9,14H,7-8H2,1-2H3,(H,16,18)(H,20,21). The van der Waals surface area contributed by atoms with Crippen LogP contribution in [-0.2, 0) is 14.4 Å². The topological polar surface area (TPSA) is 95.9 Å². The van der Waals surface area contributed by atoms with Gasteiger partial charge >= 0.3 is 11.9 Å². The lowest BCUT2D eigenvalue weighted by molar-refractivity contribution is -0.143. The molecule has 1 atom stereocenters. The number of carboxylic acids is 1. The summed E-state index contributed by atoms with van der Waals surface area (Å²) in [5.74, 6) is -1.83. The highest BCUT2D eigenvalue weighted by Crippen LogP contribution is 2.30. The van der Waals surface area contributed by atoms with Gasteiger partial charge in [0.25, 0.3) is 0 Å². The van der Waals surface area contributed by atoms with Crippen LogP contribution in [0, 0.1) is 5.92 Å². The summed E-state index contributed by atoms with van der Waals surface area (Å²) < 4.78 is 5.09. The molecule has 0 saturated heterocycles. The molecule has 0 saturated carbocycles. The smallest absolute Gasteiger partial charge is 0.331 e. The van der Waals surface area contributed by atoms with Gasteiger partial charge < -0.3 is 20.1 Å². The van der Waals surface area contributed by atoms with E-state index in [9.17, 15) is 14.4 Å². The maximum Gasteiger partial charge on any atom is 0.331 e. The Labute approximate surface area is 127 Å². The quantitative estimate of drug-likeness (QED) is 0.612. The van der Waals surface area contributed by atoms with Crippen molar-refractivity contribution in [2.45, 2.75) is 19.9 Å². The van der Waals surface area contributed by atoms with Crippen molar-refractivity contribution in [3.63, 3.8) is 0 Å². The van der Waals surface area contributed by atoms with Gasteiger partial charge in [0.2, 0.25) is 5.91 Å². The first-order chi connectivity index (χ1) is 10.4. The monoisotopic (exact) mass is 306 g/mol. The number of carboxylic acid groups (broad SMARTS) is 1. The Bertz CT molecular complexity index is 599. The minimum absolute atomic E-state index is 0.0517. The van der Waals surface area contributed by atoms with E-state index in [1.165, 1.54) is 0 Å². The molecule has 1 unspecified atom stereocenters. The number of benzene rings is 1. The maximum atomic E-state index is 12.1. The van der Waals surface area contributed by atoms with Crippen molar-refractivity contribution in [1.82, 2.24) is 5.32 Å². The number of hydrogen-bond acceptors (Lipinski definition) is 5. The molecule has 7 nitrogen and oxygen atoms in total. The number of fused-ring (bicyclic) bond motifs is 1. The van der Waals surface area contributed by atoms with Crippen LogP contribution in [0.25, 0.3) is 0 Å². The van der Waals surface area contributed by atoms with Crippen LogP contribution < -0.4 is 15.0 Å². The fourth-order valence-corrected chi connectivity index (χ4v) is 2.25. The molecular formula is C15H18N2O5. The van der Waals surface area contributed by atoms with Gasteiger partial charge in [0, 0.05) is 0 Å². The second-order valence-corrected chi connectivity index (χ2v) is 5.43. The number of esters is 1. The molecule has 0 bridgehead atoms. The van der Waals surface area contributed by atoms with Gasteiger partial charge in [-0.1, -0.05) is 26.0 Å². The first-order valence-corrected chi connectivity index (χ1v) is 6.95. The Morgan fingerprint density at radius 2 is 2.05 bits per heavy atom. The molecule has 1 aliphatic heterocycles. The predicted molar refractivity (Wildman–Crippen MR) is 78.7 cm³/mol. The number of ether oxygens (including phenoxy) is 1. The van der Waals surface area contributed by atoms with Gasteiger partial charge in [-0.3, -0.25) is 4.79 Å². The molecule has 1 aliphatic rings. The van der Waals surface area contributed by atoms with Gasteiger partial charge in [-0.25, -0.2) is 9.59 Å². The summed E-state index contributed by atoms with van der Waals surface area (Å²) in [5, 5.41) is 11.6. The molecule has 1 aromatic rings. The van der Waals surface area contributed by atoms with Gasteiger partial charge in [0.1, 0.15) is 12.6 Å².